The highest BCUT2D eigenvalue weighted by Crippen LogP contribution is 2.55. The van der Waals surface area contributed by atoms with Crippen LogP contribution in [0.2, 0.25) is 0 Å². The van der Waals surface area contributed by atoms with E-state index >= 15 is 0 Å². The summed E-state index contributed by atoms with van der Waals surface area (Å²) in [4.78, 5) is 18.1. The number of carbonyl (C=O) groups is 1. The van der Waals surface area contributed by atoms with Crippen molar-refractivity contribution in [2.75, 3.05) is 24.9 Å². The average Bonchev–Trinajstić information content (AvgIpc) is 3.34. The van der Waals surface area contributed by atoms with Gasteiger partial charge in [-0.2, -0.15) is 0 Å². The molecule has 1 saturated carbocycles. The highest BCUT2D eigenvalue weighted by molar-refractivity contribution is 8.00. The van der Waals surface area contributed by atoms with E-state index in [0.29, 0.717) is 11.3 Å². The first-order valence-electron chi connectivity index (χ1n) is 9.44. The van der Waals surface area contributed by atoms with Gasteiger partial charge in [-0.05, 0) is 36.3 Å². The van der Waals surface area contributed by atoms with Crippen LogP contribution < -0.4 is 10.6 Å². The van der Waals surface area contributed by atoms with Crippen molar-refractivity contribution < 1.29 is 14.3 Å². The van der Waals surface area contributed by atoms with Crippen LogP contribution in [0.15, 0.2) is 71.1 Å². The van der Waals surface area contributed by atoms with Crippen molar-refractivity contribution in [2.45, 2.75) is 22.3 Å². The molecule has 0 radical (unpaired) electrons. The fourth-order valence-corrected chi connectivity index (χ4v) is 5.08. The zero-order valence-corrected chi connectivity index (χ0v) is 17.0. The van der Waals surface area contributed by atoms with Crippen LogP contribution in [0.4, 0.5) is 11.4 Å². The van der Waals surface area contributed by atoms with E-state index in [-0.39, 0.29) is 22.8 Å². The van der Waals surface area contributed by atoms with Crippen LogP contribution >= 0.6 is 11.8 Å². The maximum atomic E-state index is 12.7. The second kappa shape index (κ2) is 6.93. The van der Waals surface area contributed by atoms with E-state index in [1.807, 2.05) is 42.6 Å². The minimum Gasteiger partial charge on any atom is -0.498 e. The van der Waals surface area contributed by atoms with Crippen molar-refractivity contribution in [2.24, 2.45) is 5.92 Å². The largest absolute Gasteiger partial charge is 0.498 e. The Morgan fingerprint density at radius 1 is 1.28 bits per heavy atom. The molecular weight excluding hydrogens is 386 g/mol. The van der Waals surface area contributed by atoms with E-state index in [0.717, 1.165) is 23.4 Å². The molecule has 0 bridgehead atoms. The summed E-state index contributed by atoms with van der Waals surface area (Å²) in [5, 5.41) is 6.58. The van der Waals surface area contributed by atoms with Gasteiger partial charge in [0.2, 0.25) is 0 Å². The lowest BCUT2D eigenvalue weighted by atomic mass is 10.0. The second-order valence-electron chi connectivity index (χ2n) is 7.33. The fourth-order valence-electron chi connectivity index (χ4n) is 3.97. The predicted molar refractivity (Wildman–Crippen MR) is 113 cm³/mol. The number of ether oxygens (including phenoxy) is 2. The van der Waals surface area contributed by atoms with Crippen molar-refractivity contribution >= 4 is 29.0 Å². The van der Waals surface area contributed by atoms with E-state index in [1.165, 1.54) is 4.90 Å². The first-order chi connectivity index (χ1) is 14.1. The number of thioether (sulfide) groups is 1. The molecule has 3 atom stereocenters. The van der Waals surface area contributed by atoms with Gasteiger partial charge in [0.05, 0.1) is 19.0 Å². The molecular formula is C22H21N3O3S. The summed E-state index contributed by atoms with van der Waals surface area (Å²) in [5.41, 5.74) is 3.19. The number of anilines is 2. The molecule has 2 aromatic rings. The quantitative estimate of drug-likeness (QED) is 0.777. The molecule has 0 spiro atoms. The minimum atomic E-state index is -0.376. The van der Waals surface area contributed by atoms with E-state index < -0.39 is 0 Å². The molecule has 2 aliphatic carbocycles. The number of methoxy groups -OCH3 is 2. The van der Waals surface area contributed by atoms with Crippen LogP contribution in [0.5, 0.6) is 0 Å². The number of nitrogens with zero attached hydrogens (tertiary/aromatic N) is 1. The maximum absolute atomic E-state index is 12.7. The molecule has 3 unspecified atom stereocenters. The Morgan fingerprint density at radius 3 is 2.83 bits per heavy atom. The van der Waals surface area contributed by atoms with E-state index in [1.54, 1.807) is 38.3 Å². The Hall–Kier alpha value is -2.77. The Bertz CT molecular complexity index is 1010. The number of fused-ring (bicyclic) bond motifs is 2. The molecule has 148 valence electrons. The minimum absolute atomic E-state index is 0.143. The Kier molecular flexibility index (Phi) is 4.37. The van der Waals surface area contributed by atoms with E-state index in [2.05, 4.69) is 15.6 Å². The average molecular weight is 407 g/mol. The topological polar surface area (TPSA) is 72.5 Å². The van der Waals surface area contributed by atoms with Gasteiger partial charge in [0.1, 0.15) is 16.7 Å². The highest BCUT2D eigenvalue weighted by atomic mass is 32.2. The van der Waals surface area contributed by atoms with Gasteiger partial charge in [0, 0.05) is 35.4 Å². The number of hydrogen-bond donors (Lipinski definition) is 2. The lowest BCUT2D eigenvalue weighted by molar-refractivity contribution is -0.112. The second-order valence-corrected chi connectivity index (χ2v) is 8.48. The van der Waals surface area contributed by atoms with Crippen LogP contribution in [0.1, 0.15) is 17.4 Å². The molecule has 1 aliphatic heterocycles. The standard InChI is InChI=1S/C22H21N3O3S/c1-27-19-10-14(9-15-11-22(15,19)28-2)20(26)24-16-5-3-13(4-6-16)21-25-17-12-23-8-7-18(17)29-21/h3-10,12,15,21,25H,11H2,1-2H3,(H,24,26). The molecule has 2 heterocycles. The summed E-state index contributed by atoms with van der Waals surface area (Å²) in [7, 11) is 3.30. The molecule has 1 aromatic carbocycles. The van der Waals surface area contributed by atoms with E-state index in [9.17, 15) is 4.79 Å². The number of pyridine rings is 1. The molecule has 1 aromatic heterocycles. The van der Waals surface area contributed by atoms with Gasteiger partial charge < -0.3 is 20.1 Å². The van der Waals surface area contributed by atoms with Crippen molar-refractivity contribution in [1.29, 1.82) is 0 Å². The molecule has 29 heavy (non-hydrogen) atoms. The van der Waals surface area contributed by atoms with Gasteiger partial charge >= 0.3 is 0 Å². The highest BCUT2D eigenvalue weighted by Gasteiger charge is 2.59. The molecule has 2 N–H and O–H groups in total. The summed E-state index contributed by atoms with van der Waals surface area (Å²) >= 11 is 1.76. The third-order valence-electron chi connectivity index (χ3n) is 5.68. The van der Waals surface area contributed by atoms with Gasteiger partial charge in [-0.1, -0.05) is 30.0 Å². The summed E-state index contributed by atoms with van der Waals surface area (Å²) in [5.74, 6) is 0.763. The zero-order valence-electron chi connectivity index (χ0n) is 16.1. The number of hydrogen-bond acceptors (Lipinski definition) is 6. The van der Waals surface area contributed by atoms with Gasteiger partial charge in [-0.25, -0.2) is 0 Å². The molecule has 5 rings (SSSR count). The van der Waals surface area contributed by atoms with Crippen molar-refractivity contribution in [1.82, 2.24) is 4.98 Å². The molecule has 3 aliphatic rings. The van der Waals surface area contributed by atoms with Crippen molar-refractivity contribution in [3.8, 4) is 0 Å². The van der Waals surface area contributed by atoms with Gasteiger partial charge in [0.25, 0.3) is 5.91 Å². The molecule has 6 nitrogen and oxygen atoms in total. The molecule has 0 saturated heterocycles. The number of amides is 1. The summed E-state index contributed by atoms with van der Waals surface area (Å²) < 4.78 is 11.1. The summed E-state index contributed by atoms with van der Waals surface area (Å²) in [6.07, 6.45) is 8.24. The number of nitrogens with one attached hydrogen (secondary N) is 2. The molecule has 1 amide bonds. The lowest BCUT2D eigenvalue weighted by Gasteiger charge is -2.21. The van der Waals surface area contributed by atoms with Gasteiger partial charge in [-0.3, -0.25) is 9.78 Å². The summed E-state index contributed by atoms with van der Waals surface area (Å²) in [6.45, 7) is 0. The monoisotopic (exact) mass is 407 g/mol. The Morgan fingerprint density at radius 2 is 2.10 bits per heavy atom. The van der Waals surface area contributed by atoms with Gasteiger partial charge in [0.15, 0.2) is 0 Å². The van der Waals surface area contributed by atoms with Crippen molar-refractivity contribution in [3.63, 3.8) is 0 Å². The zero-order chi connectivity index (χ0) is 20.0. The van der Waals surface area contributed by atoms with Crippen LogP contribution in [-0.2, 0) is 14.3 Å². The lowest BCUT2D eigenvalue weighted by Crippen LogP contribution is -2.24. The third kappa shape index (κ3) is 3.10. The van der Waals surface area contributed by atoms with Gasteiger partial charge in [-0.15, -0.1) is 0 Å². The Labute approximate surface area is 173 Å². The van der Waals surface area contributed by atoms with Crippen LogP contribution in [0.25, 0.3) is 0 Å². The fraction of sp³-hybridized carbons (Fsp3) is 0.273. The summed E-state index contributed by atoms with van der Waals surface area (Å²) in [6, 6.07) is 9.93. The number of aromatic nitrogens is 1. The maximum Gasteiger partial charge on any atom is 0.255 e. The van der Waals surface area contributed by atoms with E-state index in [4.69, 9.17) is 9.47 Å². The predicted octanol–water partition coefficient (Wildman–Crippen LogP) is 4.11. The number of rotatable bonds is 5. The normalized spacial score (nSPS) is 26.4. The number of carbonyl (C=O) groups excluding carboxylic acids is 1. The molecule has 1 fully saturated rings. The van der Waals surface area contributed by atoms with Crippen LogP contribution in [0.3, 0.4) is 0 Å². The third-order valence-corrected chi connectivity index (χ3v) is 6.91. The molecule has 7 heteroatoms. The number of benzene rings is 1. The first-order valence-corrected chi connectivity index (χ1v) is 10.3. The Balaban J connectivity index is 1.26. The smallest absolute Gasteiger partial charge is 0.255 e. The van der Waals surface area contributed by atoms with Crippen LogP contribution in [-0.4, -0.2) is 30.7 Å². The van der Waals surface area contributed by atoms with Crippen molar-refractivity contribution in [3.05, 3.63) is 71.8 Å². The first kappa shape index (κ1) is 18.3. The van der Waals surface area contributed by atoms with Crippen LogP contribution in [0, 0.1) is 5.92 Å². The SMILES string of the molecule is COC1=CC(C(=O)Nc2ccc(C3Nc4cnccc4S3)cc2)=CC2CC12OC.